The Morgan fingerprint density at radius 1 is 1.38 bits per heavy atom. The van der Waals surface area contributed by atoms with Crippen LogP contribution in [0.4, 0.5) is 0 Å². The van der Waals surface area contributed by atoms with Gasteiger partial charge in [0.05, 0.1) is 11.6 Å². The molecule has 0 aliphatic heterocycles. The normalized spacial score (nSPS) is 14.9. The lowest BCUT2D eigenvalue weighted by Gasteiger charge is -2.07. The molecule has 1 aliphatic carbocycles. The summed E-state index contributed by atoms with van der Waals surface area (Å²) in [7, 11) is 0. The monoisotopic (exact) mass is 258 g/mol. The summed E-state index contributed by atoms with van der Waals surface area (Å²) in [5.41, 5.74) is 0. The zero-order chi connectivity index (χ0) is 11.5. The van der Waals surface area contributed by atoms with Crippen LogP contribution in [0.2, 0.25) is 10.0 Å². The highest BCUT2D eigenvalue weighted by atomic mass is 35.5. The molecule has 1 saturated carbocycles. The van der Waals surface area contributed by atoms with E-state index in [4.69, 9.17) is 27.9 Å². The molecule has 1 fully saturated rings. The van der Waals surface area contributed by atoms with E-state index in [1.165, 1.54) is 0 Å². The first-order valence-electron chi connectivity index (χ1n) is 5.27. The molecule has 0 radical (unpaired) electrons. The molecule has 1 aromatic carbocycles. The highest BCUT2D eigenvalue weighted by molar-refractivity contribution is 6.35. The maximum Gasteiger partial charge on any atom is 0.139 e. The van der Waals surface area contributed by atoms with Gasteiger partial charge in [0.2, 0.25) is 0 Å². The van der Waals surface area contributed by atoms with Gasteiger partial charge < -0.3 is 4.74 Å². The van der Waals surface area contributed by atoms with Crippen LogP contribution in [0.1, 0.15) is 19.3 Å². The quantitative estimate of drug-likeness (QED) is 0.805. The minimum absolute atomic E-state index is 0.296. The van der Waals surface area contributed by atoms with Crippen molar-refractivity contribution in [3.8, 4) is 5.75 Å². The first-order valence-corrected chi connectivity index (χ1v) is 6.03. The van der Waals surface area contributed by atoms with E-state index < -0.39 is 0 Å². The summed E-state index contributed by atoms with van der Waals surface area (Å²) in [6.45, 7) is 0.386. The summed E-state index contributed by atoms with van der Waals surface area (Å²) >= 11 is 11.7. The van der Waals surface area contributed by atoms with E-state index in [1.54, 1.807) is 18.2 Å². The first kappa shape index (κ1) is 11.7. The number of ether oxygens (including phenoxy) is 1. The number of carbonyl (C=O) groups excluding carboxylic acids is 1. The summed E-state index contributed by atoms with van der Waals surface area (Å²) in [6, 6.07) is 5.05. The van der Waals surface area contributed by atoms with Crippen LogP contribution in [0, 0.1) is 5.92 Å². The molecule has 1 aliphatic rings. The third-order valence-corrected chi connectivity index (χ3v) is 3.06. The number of benzene rings is 1. The molecule has 0 bridgehead atoms. The van der Waals surface area contributed by atoms with E-state index >= 15 is 0 Å². The molecule has 0 N–H and O–H groups in total. The summed E-state index contributed by atoms with van der Waals surface area (Å²) in [4.78, 5) is 11.4. The van der Waals surface area contributed by atoms with Gasteiger partial charge in [-0.25, -0.2) is 0 Å². The van der Waals surface area contributed by atoms with E-state index in [1.807, 2.05) is 0 Å². The second-order valence-corrected chi connectivity index (χ2v) is 4.76. The molecule has 0 saturated heterocycles. The zero-order valence-corrected chi connectivity index (χ0v) is 10.2. The molecule has 0 atom stereocenters. The Kier molecular flexibility index (Phi) is 3.72. The van der Waals surface area contributed by atoms with Gasteiger partial charge in [-0.3, -0.25) is 4.79 Å². The van der Waals surface area contributed by atoms with Gasteiger partial charge in [0.25, 0.3) is 0 Å². The largest absolute Gasteiger partial charge is 0.492 e. The van der Waals surface area contributed by atoms with Crippen molar-refractivity contribution in [1.29, 1.82) is 0 Å². The third-order valence-electron chi connectivity index (χ3n) is 2.53. The van der Waals surface area contributed by atoms with Crippen molar-refractivity contribution >= 4 is 29.0 Å². The maximum absolute atomic E-state index is 11.4. The number of hydrogen-bond acceptors (Lipinski definition) is 2. The lowest BCUT2D eigenvalue weighted by atomic mass is 10.2. The maximum atomic E-state index is 11.4. The fourth-order valence-corrected chi connectivity index (χ4v) is 1.93. The summed E-state index contributed by atoms with van der Waals surface area (Å²) < 4.78 is 5.43. The number of ketones is 1. The lowest BCUT2D eigenvalue weighted by Crippen LogP contribution is -2.07. The van der Waals surface area contributed by atoms with Crippen LogP contribution in [0.3, 0.4) is 0 Å². The highest BCUT2D eigenvalue weighted by Crippen LogP contribution is 2.31. The number of Topliss-reactive ketones (excluding diaryl/α,β-unsaturated/α-hetero) is 1. The Morgan fingerprint density at radius 3 is 2.75 bits per heavy atom. The van der Waals surface area contributed by atoms with Gasteiger partial charge in [-0.05, 0) is 31.0 Å². The van der Waals surface area contributed by atoms with Crippen LogP contribution in [0.5, 0.6) is 5.75 Å². The fraction of sp³-hybridized carbons (Fsp3) is 0.417. The van der Waals surface area contributed by atoms with Crippen molar-refractivity contribution in [1.82, 2.24) is 0 Å². The van der Waals surface area contributed by atoms with Crippen LogP contribution in [0.15, 0.2) is 18.2 Å². The fourth-order valence-electron chi connectivity index (χ4n) is 1.46. The first-order chi connectivity index (χ1) is 7.66. The lowest BCUT2D eigenvalue weighted by molar-refractivity contribution is -0.120. The topological polar surface area (TPSA) is 26.3 Å². The average Bonchev–Trinajstić information content (AvgIpc) is 3.04. The molecule has 86 valence electrons. The van der Waals surface area contributed by atoms with E-state index in [2.05, 4.69) is 0 Å². The molecular weight excluding hydrogens is 247 g/mol. The minimum atomic E-state index is 0.296. The van der Waals surface area contributed by atoms with E-state index in [0.29, 0.717) is 40.5 Å². The number of carbonyl (C=O) groups is 1. The van der Waals surface area contributed by atoms with Crippen molar-refractivity contribution < 1.29 is 9.53 Å². The SMILES string of the molecule is O=C(CCOc1ccc(Cl)cc1Cl)C1CC1. The molecular formula is C12H12Cl2O2. The number of rotatable bonds is 5. The van der Waals surface area contributed by atoms with Gasteiger partial charge in [-0.1, -0.05) is 23.2 Å². The van der Waals surface area contributed by atoms with Gasteiger partial charge in [-0.15, -0.1) is 0 Å². The van der Waals surface area contributed by atoms with E-state index in [-0.39, 0.29) is 0 Å². The molecule has 0 heterocycles. The Bertz CT molecular complexity index is 400. The summed E-state index contributed by atoms with van der Waals surface area (Å²) in [6.07, 6.45) is 2.55. The van der Waals surface area contributed by atoms with E-state index in [0.717, 1.165) is 12.8 Å². The van der Waals surface area contributed by atoms with Gasteiger partial charge in [0.1, 0.15) is 11.5 Å². The predicted molar refractivity (Wildman–Crippen MR) is 64.3 cm³/mol. The number of halogens is 2. The molecule has 1 aromatic rings. The second-order valence-electron chi connectivity index (χ2n) is 3.91. The van der Waals surface area contributed by atoms with Crippen molar-refractivity contribution in [3.05, 3.63) is 28.2 Å². The Labute approximate surface area is 104 Å². The molecule has 0 aromatic heterocycles. The Hall–Kier alpha value is -0.730. The third kappa shape index (κ3) is 3.13. The average molecular weight is 259 g/mol. The Balaban J connectivity index is 1.82. The standard InChI is InChI=1S/C12H12Cl2O2/c13-9-3-4-12(10(14)7-9)16-6-5-11(15)8-1-2-8/h3-4,7-8H,1-2,5-6H2. The van der Waals surface area contributed by atoms with Crippen LogP contribution in [-0.4, -0.2) is 12.4 Å². The number of hydrogen-bond donors (Lipinski definition) is 0. The highest BCUT2D eigenvalue weighted by Gasteiger charge is 2.28. The van der Waals surface area contributed by atoms with Crippen molar-refractivity contribution in [2.75, 3.05) is 6.61 Å². The van der Waals surface area contributed by atoms with Gasteiger partial charge in [0, 0.05) is 17.4 Å². The Morgan fingerprint density at radius 2 is 2.12 bits per heavy atom. The van der Waals surface area contributed by atoms with Crippen LogP contribution >= 0.6 is 23.2 Å². The smallest absolute Gasteiger partial charge is 0.139 e. The van der Waals surface area contributed by atoms with Crippen LogP contribution in [-0.2, 0) is 4.79 Å². The molecule has 2 nitrogen and oxygen atoms in total. The molecule has 4 heteroatoms. The van der Waals surface area contributed by atoms with Crippen molar-refractivity contribution in [2.24, 2.45) is 5.92 Å². The van der Waals surface area contributed by atoms with Gasteiger partial charge in [0.15, 0.2) is 0 Å². The van der Waals surface area contributed by atoms with Gasteiger partial charge in [-0.2, -0.15) is 0 Å². The van der Waals surface area contributed by atoms with Crippen molar-refractivity contribution in [2.45, 2.75) is 19.3 Å². The second kappa shape index (κ2) is 5.07. The minimum Gasteiger partial charge on any atom is -0.492 e. The summed E-state index contributed by atoms with van der Waals surface area (Å²) in [5, 5.41) is 1.05. The molecule has 0 amide bonds. The van der Waals surface area contributed by atoms with Crippen molar-refractivity contribution in [3.63, 3.8) is 0 Å². The molecule has 0 spiro atoms. The van der Waals surface area contributed by atoms with Gasteiger partial charge >= 0.3 is 0 Å². The van der Waals surface area contributed by atoms with Crippen LogP contribution in [0.25, 0.3) is 0 Å². The van der Waals surface area contributed by atoms with Crippen LogP contribution < -0.4 is 4.74 Å². The van der Waals surface area contributed by atoms with E-state index in [9.17, 15) is 4.79 Å². The molecule has 2 rings (SSSR count). The molecule has 0 unspecified atom stereocenters. The molecule has 16 heavy (non-hydrogen) atoms. The zero-order valence-electron chi connectivity index (χ0n) is 8.71. The predicted octanol–water partition coefficient (Wildman–Crippen LogP) is 3.74. The summed E-state index contributed by atoms with van der Waals surface area (Å²) in [5.74, 6) is 1.17.